The van der Waals surface area contributed by atoms with Gasteiger partial charge in [0.2, 0.25) is 5.89 Å². The first kappa shape index (κ1) is 25.3. The van der Waals surface area contributed by atoms with Gasteiger partial charge in [-0.15, -0.1) is 0 Å². The van der Waals surface area contributed by atoms with E-state index >= 15 is 0 Å². The second-order valence-electron chi connectivity index (χ2n) is 8.89. The van der Waals surface area contributed by atoms with Crippen molar-refractivity contribution in [3.8, 4) is 23.0 Å². The first-order valence-electron chi connectivity index (χ1n) is 10.8. The fraction of sp³-hybridized carbons (Fsp3) is 0.522. The summed E-state index contributed by atoms with van der Waals surface area (Å²) in [4.78, 5) is 28.7. The molecule has 1 heterocycles. The molecule has 0 spiro atoms. The number of nitrogens with zero attached hydrogens (tertiary/aromatic N) is 1. The van der Waals surface area contributed by atoms with E-state index in [2.05, 4.69) is 15.0 Å². The van der Waals surface area contributed by atoms with Crippen LogP contribution in [0.15, 0.2) is 22.6 Å². The zero-order valence-corrected chi connectivity index (χ0v) is 19.6. The van der Waals surface area contributed by atoms with E-state index in [1.807, 2.05) is 0 Å². The van der Waals surface area contributed by atoms with Gasteiger partial charge in [-0.3, -0.25) is 0 Å². The number of esters is 1. The zero-order valence-electron chi connectivity index (χ0n) is 19.6. The van der Waals surface area contributed by atoms with Gasteiger partial charge in [0.15, 0.2) is 23.0 Å². The van der Waals surface area contributed by atoms with Gasteiger partial charge in [0.05, 0.1) is 19.8 Å². The number of amides is 1. The topological polar surface area (TPSA) is 109 Å². The van der Waals surface area contributed by atoms with Crippen LogP contribution in [0.25, 0.3) is 11.5 Å². The number of carbonyl (C=O) groups excluding carboxylic acids is 2. The van der Waals surface area contributed by atoms with Crippen LogP contribution < -0.4 is 14.8 Å². The lowest BCUT2D eigenvalue weighted by Gasteiger charge is -2.21. The van der Waals surface area contributed by atoms with Crippen LogP contribution in [0, 0.1) is 5.92 Å². The van der Waals surface area contributed by atoms with Crippen molar-refractivity contribution < 1.29 is 41.7 Å². The van der Waals surface area contributed by atoms with E-state index in [9.17, 15) is 18.4 Å². The average molecular weight is 482 g/mol. The van der Waals surface area contributed by atoms with E-state index in [0.29, 0.717) is 18.1 Å². The molecular weight excluding hydrogens is 454 g/mol. The minimum absolute atomic E-state index is 0.00751. The Bertz CT molecular complexity index is 1030. The summed E-state index contributed by atoms with van der Waals surface area (Å²) in [5.41, 5.74) is -0.511. The number of halogens is 2. The number of oxazole rings is 1. The molecule has 0 aliphatic heterocycles. The second-order valence-corrected chi connectivity index (χ2v) is 8.89. The van der Waals surface area contributed by atoms with Gasteiger partial charge >= 0.3 is 18.7 Å². The molecule has 1 N–H and O–H groups in total. The van der Waals surface area contributed by atoms with Gasteiger partial charge in [-0.05, 0) is 64.7 Å². The number of carbonyl (C=O) groups is 2. The Balaban J connectivity index is 1.91. The van der Waals surface area contributed by atoms with Crippen LogP contribution in [-0.4, -0.2) is 43.0 Å². The van der Waals surface area contributed by atoms with Gasteiger partial charge in [0.1, 0.15) is 5.60 Å². The molecule has 186 valence electrons. The smallest absolute Gasteiger partial charge is 0.408 e. The Labute approximate surface area is 195 Å². The highest BCUT2D eigenvalue weighted by atomic mass is 19.3. The maximum Gasteiger partial charge on any atom is 0.408 e. The fourth-order valence-corrected chi connectivity index (χ4v) is 2.98. The molecule has 0 radical (unpaired) electrons. The Morgan fingerprint density at radius 2 is 1.94 bits per heavy atom. The Kier molecular flexibility index (Phi) is 7.63. The number of nitrogens with one attached hydrogen (secondary N) is 1. The van der Waals surface area contributed by atoms with Crippen molar-refractivity contribution in [3.05, 3.63) is 29.7 Å². The summed E-state index contributed by atoms with van der Waals surface area (Å²) in [7, 11) is 1.19. The zero-order chi connectivity index (χ0) is 25.0. The number of hydrogen-bond donors (Lipinski definition) is 1. The molecule has 1 unspecified atom stereocenters. The highest BCUT2D eigenvalue weighted by molar-refractivity contribution is 5.89. The van der Waals surface area contributed by atoms with Crippen molar-refractivity contribution in [3.63, 3.8) is 0 Å². The maximum atomic E-state index is 12.8. The number of ether oxygens (including phenoxy) is 4. The summed E-state index contributed by atoms with van der Waals surface area (Å²) in [5.74, 6) is -0.370. The van der Waals surface area contributed by atoms with Crippen LogP contribution in [0.1, 0.15) is 62.8 Å². The maximum absolute atomic E-state index is 12.8. The molecule has 2 aromatic rings. The number of methoxy groups -OCH3 is 1. The standard InChI is InChI=1S/C23H28F2N2O7/c1-12(26-22(29)34-23(2,3)4)18-17(20(28)30-5)27-19(33-18)14-8-9-15(32-21(24)25)16(10-14)31-11-13-6-7-13/h8-10,12-13,21H,6-7,11H2,1-5H3,(H,26,29). The third kappa shape index (κ3) is 6.82. The molecule has 11 heteroatoms. The highest BCUT2D eigenvalue weighted by Gasteiger charge is 2.29. The Morgan fingerprint density at radius 3 is 2.53 bits per heavy atom. The molecule has 1 saturated carbocycles. The predicted octanol–water partition coefficient (Wildman–Crippen LogP) is 5.10. The quantitative estimate of drug-likeness (QED) is 0.492. The molecule has 9 nitrogen and oxygen atoms in total. The number of alkyl carbamates (subject to hydrolysis) is 1. The first-order valence-corrected chi connectivity index (χ1v) is 10.8. The monoisotopic (exact) mass is 482 g/mol. The summed E-state index contributed by atoms with van der Waals surface area (Å²) in [5, 5.41) is 2.59. The molecule has 0 bridgehead atoms. The van der Waals surface area contributed by atoms with E-state index in [1.165, 1.54) is 25.3 Å². The molecule has 34 heavy (non-hydrogen) atoms. The highest BCUT2D eigenvalue weighted by Crippen LogP contribution is 2.37. The van der Waals surface area contributed by atoms with Crippen LogP contribution in [0.2, 0.25) is 0 Å². The molecule has 1 amide bonds. The van der Waals surface area contributed by atoms with E-state index in [4.69, 9.17) is 18.6 Å². The van der Waals surface area contributed by atoms with Gasteiger partial charge < -0.3 is 28.7 Å². The molecular formula is C23H28F2N2O7. The fourth-order valence-electron chi connectivity index (χ4n) is 2.98. The van der Waals surface area contributed by atoms with Crippen LogP contribution in [0.4, 0.5) is 13.6 Å². The van der Waals surface area contributed by atoms with Gasteiger partial charge in [0, 0.05) is 5.56 Å². The van der Waals surface area contributed by atoms with Gasteiger partial charge in [-0.2, -0.15) is 8.78 Å². The van der Waals surface area contributed by atoms with Gasteiger partial charge in [-0.25, -0.2) is 14.6 Å². The van der Waals surface area contributed by atoms with E-state index in [0.717, 1.165) is 12.8 Å². The summed E-state index contributed by atoms with van der Waals surface area (Å²) in [6, 6.07) is 3.41. The van der Waals surface area contributed by atoms with E-state index in [1.54, 1.807) is 27.7 Å². The molecule has 1 fully saturated rings. The van der Waals surface area contributed by atoms with E-state index < -0.39 is 30.3 Å². The minimum Gasteiger partial charge on any atom is -0.489 e. The predicted molar refractivity (Wildman–Crippen MR) is 116 cm³/mol. The first-order chi connectivity index (χ1) is 16.0. The number of benzene rings is 1. The van der Waals surface area contributed by atoms with Crippen molar-refractivity contribution in [1.82, 2.24) is 10.3 Å². The Morgan fingerprint density at radius 1 is 1.24 bits per heavy atom. The third-order valence-electron chi connectivity index (χ3n) is 4.74. The van der Waals surface area contributed by atoms with Crippen molar-refractivity contribution in [1.29, 1.82) is 0 Å². The van der Waals surface area contributed by atoms with Crippen molar-refractivity contribution in [2.24, 2.45) is 5.92 Å². The lowest BCUT2D eigenvalue weighted by Crippen LogP contribution is -2.34. The third-order valence-corrected chi connectivity index (χ3v) is 4.74. The summed E-state index contributed by atoms with van der Waals surface area (Å²) >= 11 is 0. The van der Waals surface area contributed by atoms with Gasteiger partial charge in [-0.1, -0.05) is 0 Å². The van der Waals surface area contributed by atoms with E-state index in [-0.39, 0.29) is 28.8 Å². The summed E-state index contributed by atoms with van der Waals surface area (Å²) < 4.78 is 51.7. The largest absolute Gasteiger partial charge is 0.489 e. The summed E-state index contributed by atoms with van der Waals surface area (Å²) in [6.45, 7) is 4.08. The number of aromatic nitrogens is 1. The second kappa shape index (κ2) is 10.3. The van der Waals surface area contributed by atoms with Crippen molar-refractivity contribution in [2.75, 3.05) is 13.7 Å². The summed E-state index contributed by atoms with van der Waals surface area (Å²) in [6.07, 6.45) is 1.32. The van der Waals surface area contributed by atoms with Crippen molar-refractivity contribution in [2.45, 2.75) is 58.8 Å². The lowest BCUT2D eigenvalue weighted by molar-refractivity contribution is -0.0515. The number of alkyl halides is 2. The minimum atomic E-state index is -3.02. The molecule has 1 aliphatic rings. The molecule has 1 aliphatic carbocycles. The van der Waals surface area contributed by atoms with Crippen molar-refractivity contribution >= 4 is 12.1 Å². The number of rotatable bonds is 9. The number of hydrogen-bond acceptors (Lipinski definition) is 8. The van der Waals surface area contributed by atoms with Crippen LogP contribution in [-0.2, 0) is 9.47 Å². The van der Waals surface area contributed by atoms with Crippen LogP contribution in [0.5, 0.6) is 11.5 Å². The Hall–Kier alpha value is -3.37. The molecule has 3 rings (SSSR count). The van der Waals surface area contributed by atoms with Crippen LogP contribution in [0.3, 0.4) is 0 Å². The lowest BCUT2D eigenvalue weighted by atomic mass is 10.2. The van der Waals surface area contributed by atoms with Gasteiger partial charge in [0.25, 0.3) is 0 Å². The molecule has 0 saturated heterocycles. The average Bonchev–Trinajstić information content (AvgIpc) is 3.46. The van der Waals surface area contributed by atoms with Crippen LogP contribution >= 0.6 is 0 Å². The molecule has 1 aromatic heterocycles. The molecule has 1 aromatic carbocycles. The SMILES string of the molecule is COC(=O)c1nc(-c2ccc(OC(F)F)c(OCC3CC3)c2)oc1C(C)NC(=O)OC(C)(C)C. The molecule has 1 atom stereocenters. The normalized spacial score (nSPS) is 14.5.